The first-order chi connectivity index (χ1) is 14.6. The smallest absolute Gasteiger partial charge is 0.308 e. The molecule has 0 aromatic heterocycles. The number of esters is 1. The zero-order valence-electron chi connectivity index (χ0n) is 17.1. The van der Waals surface area contributed by atoms with E-state index >= 15 is 0 Å². The monoisotopic (exact) mass is 422 g/mol. The van der Waals surface area contributed by atoms with E-state index in [0.29, 0.717) is 32.5 Å². The Kier molecular flexibility index (Phi) is 7.02. The van der Waals surface area contributed by atoms with Gasteiger partial charge in [0.2, 0.25) is 0 Å². The van der Waals surface area contributed by atoms with Gasteiger partial charge in [-0.25, -0.2) is 0 Å². The van der Waals surface area contributed by atoms with Gasteiger partial charge in [0.15, 0.2) is 0 Å². The molecule has 3 unspecified atom stereocenters. The van der Waals surface area contributed by atoms with E-state index in [1.807, 2.05) is 30.3 Å². The molecule has 8 nitrogen and oxygen atoms in total. The highest BCUT2D eigenvalue weighted by Gasteiger charge is 2.56. The van der Waals surface area contributed by atoms with Crippen molar-refractivity contribution in [2.24, 2.45) is 0 Å². The van der Waals surface area contributed by atoms with Gasteiger partial charge in [-0.2, -0.15) is 0 Å². The van der Waals surface area contributed by atoms with Crippen molar-refractivity contribution in [3.8, 4) is 0 Å². The average molecular weight is 422 g/mol. The lowest BCUT2D eigenvalue weighted by Gasteiger charge is -2.46. The Bertz CT molecular complexity index is 698. The van der Waals surface area contributed by atoms with Crippen LogP contribution in [0.2, 0.25) is 0 Å². The highest BCUT2D eigenvalue weighted by atomic mass is 16.6. The molecule has 2 N–H and O–H groups in total. The second-order valence-electron chi connectivity index (χ2n) is 8.17. The van der Waals surface area contributed by atoms with Crippen LogP contribution < -0.4 is 0 Å². The Morgan fingerprint density at radius 2 is 1.80 bits per heavy atom. The summed E-state index contributed by atoms with van der Waals surface area (Å²) in [6.45, 7) is 0.923. The standard InChI is InChI=1S/C22H30O8/c1-26-17(23)11-14-7-8-16-20(28-14)19(25)22-21(30-16)18(24)15(29-22)9-10-27-12-13-5-3-2-4-6-13/h2-6,14-16,18-22,24-25H,7-12H2,1H3/t14-,15?,16?,18-,19?,20+,21+,22+/m1/s1. The van der Waals surface area contributed by atoms with E-state index < -0.39 is 36.6 Å². The Morgan fingerprint density at radius 1 is 1.03 bits per heavy atom. The summed E-state index contributed by atoms with van der Waals surface area (Å²) in [5.74, 6) is -0.342. The second-order valence-corrected chi connectivity index (χ2v) is 8.17. The van der Waals surface area contributed by atoms with Crippen LogP contribution in [0, 0.1) is 0 Å². The van der Waals surface area contributed by atoms with Crippen LogP contribution in [-0.4, -0.2) is 78.7 Å². The summed E-state index contributed by atoms with van der Waals surface area (Å²) in [6, 6.07) is 9.87. The van der Waals surface area contributed by atoms with Crippen molar-refractivity contribution in [1.82, 2.24) is 0 Å². The molecular formula is C22H30O8. The van der Waals surface area contributed by atoms with Crippen molar-refractivity contribution >= 4 is 5.97 Å². The quantitative estimate of drug-likeness (QED) is 0.495. The lowest BCUT2D eigenvalue weighted by Crippen LogP contribution is -2.61. The van der Waals surface area contributed by atoms with Crippen LogP contribution in [0.3, 0.4) is 0 Å². The van der Waals surface area contributed by atoms with Crippen LogP contribution in [0.25, 0.3) is 0 Å². The summed E-state index contributed by atoms with van der Waals surface area (Å²) in [6.07, 6.45) is -2.83. The molecule has 3 saturated heterocycles. The number of ether oxygens (including phenoxy) is 5. The Labute approximate surface area is 176 Å². The van der Waals surface area contributed by atoms with E-state index in [0.717, 1.165) is 5.56 Å². The van der Waals surface area contributed by atoms with Gasteiger partial charge in [0.1, 0.15) is 30.5 Å². The maximum Gasteiger partial charge on any atom is 0.308 e. The van der Waals surface area contributed by atoms with Gasteiger partial charge >= 0.3 is 5.97 Å². The summed E-state index contributed by atoms with van der Waals surface area (Å²) in [4.78, 5) is 11.5. The van der Waals surface area contributed by atoms with Crippen LogP contribution in [-0.2, 0) is 35.1 Å². The summed E-state index contributed by atoms with van der Waals surface area (Å²) >= 11 is 0. The summed E-state index contributed by atoms with van der Waals surface area (Å²) in [7, 11) is 1.34. The average Bonchev–Trinajstić information content (AvgIpc) is 3.08. The molecule has 0 aliphatic carbocycles. The predicted molar refractivity (Wildman–Crippen MR) is 105 cm³/mol. The summed E-state index contributed by atoms with van der Waals surface area (Å²) in [5.41, 5.74) is 1.08. The molecule has 0 saturated carbocycles. The fraction of sp³-hybridized carbons (Fsp3) is 0.682. The predicted octanol–water partition coefficient (Wildman–Crippen LogP) is 0.961. The number of benzene rings is 1. The van der Waals surface area contributed by atoms with Gasteiger partial charge in [0.25, 0.3) is 0 Å². The van der Waals surface area contributed by atoms with Crippen LogP contribution in [0.5, 0.6) is 0 Å². The van der Waals surface area contributed by atoms with Crippen LogP contribution >= 0.6 is 0 Å². The number of carbonyl (C=O) groups is 1. The summed E-state index contributed by atoms with van der Waals surface area (Å²) in [5, 5.41) is 21.5. The number of hydrogen-bond donors (Lipinski definition) is 2. The molecule has 166 valence electrons. The van der Waals surface area contributed by atoms with Crippen molar-refractivity contribution in [3.05, 3.63) is 35.9 Å². The molecule has 1 aromatic rings. The van der Waals surface area contributed by atoms with Crippen molar-refractivity contribution < 1.29 is 38.7 Å². The van der Waals surface area contributed by atoms with E-state index in [-0.39, 0.29) is 24.6 Å². The third-order valence-electron chi connectivity index (χ3n) is 6.15. The normalized spacial score (nSPS) is 38.0. The van der Waals surface area contributed by atoms with E-state index in [4.69, 9.17) is 23.7 Å². The van der Waals surface area contributed by atoms with Gasteiger partial charge in [-0.1, -0.05) is 30.3 Å². The molecule has 3 fully saturated rings. The van der Waals surface area contributed by atoms with Crippen molar-refractivity contribution in [2.75, 3.05) is 13.7 Å². The minimum Gasteiger partial charge on any atom is -0.469 e. The van der Waals surface area contributed by atoms with Crippen molar-refractivity contribution in [1.29, 1.82) is 0 Å². The second kappa shape index (κ2) is 9.72. The number of fused-ring (bicyclic) bond motifs is 2. The van der Waals surface area contributed by atoms with E-state index in [2.05, 4.69) is 0 Å². The van der Waals surface area contributed by atoms with Crippen LogP contribution in [0.15, 0.2) is 30.3 Å². The topological polar surface area (TPSA) is 104 Å². The zero-order chi connectivity index (χ0) is 21.1. The number of aliphatic hydroxyl groups is 2. The van der Waals surface area contributed by atoms with Gasteiger partial charge in [-0.15, -0.1) is 0 Å². The van der Waals surface area contributed by atoms with Crippen molar-refractivity contribution in [2.45, 2.75) is 81.1 Å². The maximum absolute atomic E-state index is 11.5. The van der Waals surface area contributed by atoms with Crippen molar-refractivity contribution in [3.63, 3.8) is 0 Å². The minimum absolute atomic E-state index is 0.144. The molecule has 0 radical (unpaired) electrons. The number of rotatable bonds is 7. The first kappa shape index (κ1) is 21.7. The highest BCUT2D eigenvalue weighted by Crippen LogP contribution is 2.39. The number of methoxy groups -OCH3 is 1. The highest BCUT2D eigenvalue weighted by molar-refractivity contribution is 5.69. The molecule has 0 amide bonds. The molecule has 8 heteroatoms. The third-order valence-corrected chi connectivity index (χ3v) is 6.15. The van der Waals surface area contributed by atoms with Gasteiger partial charge in [-0.05, 0) is 24.8 Å². The molecule has 4 rings (SSSR count). The molecule has 3 heterocycles. The first-order valence-corrected chi connectivity index (χ1v) is 10.6. The molecular weight excluding hydrogens is 392 g/mol. The molecule has 30 heavy (non-hydrogen) atoms. The van der Waals surface area contributed by atoms with Crippen LogP contribution in [0.4, 0.5) is 0 Å². The van der Waals surface area contributed by atoms with Gasteiger partial charge < -0.3 is 33.9 Å². The lowest BCUT2D eigenvalue weighted by molar-refractivity contribution is -0.259. The fourth-order valence-electron chi connectivity index (χ4n) is 4.55. The third kappa shape index (κ3) is 4.69. The first-order valence-electron chi connectivity index (χ1n) is 10.6. The molecule has 1 aromatic carbocycles. The van der Waals surface area contributed by atoms with E-state index in [1.54, 1.807) is 0 Å². The molecule has 3 aliphatic rings. The number of carbonyl (C=O) groups excluding carboxylic acids is 1. The largest absolute Gasteiger partial charge is 0.469 e. The molecule has 3 aliphatic heterocycles. The minimum atomic E-state index is -0.931. The lowest BCUT2D eigenvalue weighted by atomic mass is 9.88. The maximum atomic E-state index is 11.5. The van der Waals surface area contributed by atoms with Gasteiger partial charge in [0.05, 0.1) is 38.4 Å². The number of aliphatic hydroxyl groups excluding tert-OH is 2. The van der Waals surface area contributed by atoms with Gasteiger partial charge in [0, 0.05) is 6.61 Å². The SMILES string of the molecule is COC(=O)C[C@H]1CCC2O[C@H]3[C@H](O)C(CCOCc4ccccc4)O[C@H]3C(O)[C@H]2O1. The summed E-state index contributed by atoms with van der Waals surface area (Å²) < 4.78 is 28.4. The van der Waals surface area contributed by atoms with E-state index in [9.17, 15) is 15.0 Å². The zero-order valence-corrected chi connectivity index (χ0v) is 17.1. The molecule has 0 spiro atoms. The Balaban J connectivity index is 1.29. The van der Waals surface area contributed by atoms with E-state index in [1.165, 1.54) is 7.11 Å². The Morgan fingerprint density at radius 3 is 2.57 bits per heavy atom. The number of hydrogen-bond acceptors (Lipinski definition) is 8. The van der Waals surface area contributed by atoms with Crippen LogP contribution in [0.1, 0.15) is 31.2 Å². The molecule has 0 bridgehead atoms. The molecule has 8 atom stereocenters. The Hall–Kier alpha value is -1.55. The fourth-order valence-corrected chi connectivity index (χ4v) is 4.55. The van der Waals surface area contributed by atoms with Gasteiger partial charge in [-0.3, -0.25) is 4.79 Å².